The summed E-state index contributed by atoms with van der Waals surface area (Å²) in [7, 11) is 0. The Labute approximate surface area is 141 Å². The van der Waals surface area contributed by atoms with Gasteiger partial charge in [-0.15, -0.1) is 0 Å². The molecule has 24 heavy (non-hydrogen) atoms. The quantitative estimate of drug-likeness (QED) is 0.879. The molecule has 3 rings (SSSR count). The molecule has 0 aliphatic carbocycles. The monoisotopic (exact) mass is 329 g/mol. The van der Waals surface area contributed by atoms with Crippen molar-refractivity contribution in [2.45, 2.75) is 51.8 Å². The SMILES string of the molecule is CCCn1ccc(C(=O)NCc2cnc(C3CCCCO3)nc2)n1. The molecule has 1 N–H and O–H groups in total. The van der Waals surface area contributed by atoms with Crippen molar-refractivity contribution in [1.82, 2.24) is 25.1 Å². The first-order valence-electron chi connectivity index (χ1n) is 8.50. The van der Waals surface area contributed by atoms with Crippen molar-refractivity contribution in [3.8, 4) is 0 Å². The number of rotatable bonds is 6. The highest BCUT2D eigenvalue weighted by molar-refractivity contribution is 5.92. The minimum absolute atomic E-state index is 0.00456. The number of hydrogen-bond donors (Lipinski definition) is 1. The second kappa shape index (κ2) is 8.01. The molecule has 0 spiro atoms. The van der Waals surface area contributed by atoms with E-state index in [1.54, 1.807) is 23.1 Å². The first-order valence-corrected chi connectivity index (χ1v) is 8.50. The van der Waals surface area contributed by atoms with Gasteiger partial charge in [0.15, 0.2) is 5.82 Å². The summed E-state index contributed by atoms with van der Waals surface area (Å²) in [5.41, 5.74) is 1.28. The van der Waals surface area contributed by atoms with Crippen molar-refractivity contribution in [2.75, 3.05) is 6.61 Å². The van der Waals surface area contributed by atoms with Crippen molar-refractivity contribution in [1.29, 1.82) is 0 Å². The van der Waals surface area contributed by atoms with Gasteiger partial charge in [-0.05, 0) is 31.7 Å². The van der Waals surface area contributed by atoms with Crippen LogP contribution in [0.3, 0.4) is 0 Å². The largest absolute Gasteiger partial charge is 0.370 e. The number of carbonyl (C=O) groups is 1. The minimum Gasteiger partial charge on any atom is -0.370 e. The number of carbonyl (C=O) groups excluding carboxylic acids is 1. The predicted octanol–water partition coefficient (Wildman–Crippen LogP) is 2.25. The first-order chi connectivity index (χ1) is 11.8. The van der Waals surface area contributed by atoms with E-state index >= 15 is 0 Å². The summed E-state index contributed by atoms with van der Waals surface area (Å²) < 4.78 is 7.45. The standard InChI is InChI=1S/C17H23N5O2/c1-2-7-22-8-6-14(21-22)17(23)20-12-13-10-18-16(19-11-13)15-5-3-4-9-24-15/h6,8,10-11,15H,2-5,7,9,12H2,1H3,(H,20,23). The van der Waals surface area contributed by atoms with E-state index in [2.05, 4.69) is 27.3 Å². The van der Waals surface area contributed by atoms with Crippen LogP contribution < -0.4 is 5.32 Å². The van der Waals surface area contributed by atoms with Crippen LogP contribution in [0.1, 0.15) is 60.6 Å². The Kier molecular flexibility index (Phi) is 5.53. The third kappa shape index (κ3) is 4.17. The fourth-order valence-corrected chi connectivity index (χ4v) is 2.68. The Morgan fingerprint density at radius 1 is 1.38 bits per heavy atom. The van der Waals surface area contributed by atoms with Crippen LogP contribution >= 0.6 is 0 Å². The maximum Gasteiger partial charge on any atom is 0.272 e. The Hall–Kier alpha value is -2.28. The number of nitrogens with zero attached hydrogens (tertiary/aromatic N) is 4. The van der Waals surface area contributed by atoms with E-state index in [1.807, 2.05) is 6.20 Å². The van der Waals surface area contributed by atoms with Gasteiger partial charge in [0, 0.05) is 43.9 Å². The summed E-state index contributed by atoms with van der Waals surface area (Å²) in [6, 6.07) is 1.73. The van der Waals surface area contributed by atoms with Crippen LogP contribution in [0, 0.1) is 0 Å². The molecule has 1 fully saturated rings. The van der Waals surface area contributed by atoms with E-state index in [4.69, 9.17) is 4.74 Å². The average Bonchev–Trinajstić information content (AvgIpc) is 3.10. The van der Waals surface area contributed by atoms with Crippen LogP contribution in [0.25, 0.3) is 0 Å². The Balaban J connectivity index is 1.53. The van der Waals surface area contributed by atoms with Gasteiger partial charge in [-0.25, -0.2) is 9.97 Å². The third-order valence-electron chi connectivity index (χ3n) is 3.97. The second-order valence-electron chi connectivity index (χ2n) is 5.95. The highest BCUT2D eigenvalue weighted by Crippen LogP contribution is 2.24. The fraction of sp³-hybridized carbons (Fsp3) is 0.529. The predicted molar refractivity (Wildman–Crippen MR) is 88.3 cm³/mol. The topological polar surface area (TPSA) is 81.9 Å². The van der Waals surface area contributed by atoms with Gasteiger partial charge in [0.2, 0.25) is 0 Å². The molecule has 1 unspecified atom stereocenters. The molecule has 0 radical (unpaired) electrons. The molecule has 1 saturated heterocycles. The van der Waals surface area contributed by atoms with Gasteiger partial charge in [-0.1, -0.05) is 6.92 Å². The van der Waals surface area contributed by atoms with Crippen LogP contribution in [0.4, 0.5) is 0 Å². The van der Waals surface area contributed by atoms with Gasteiger partial charge in [-0.2, -0.15) is 5.10 Å². The summed E-state index contributed by atoms with van der Waals surface area (Å²) >= 11 is 0. The highest BCUT2D eigenvalue weighted by Gasteiger charge is 2.18. The van der Waals surface area contributed by atoms with Gasteiger partial charge in [-0.3, -0.25) is 9.48 Å². The van der Waals surface area contributed by atoms with Gasteiger partial charge in [0.1, 0.15) is 11.8 Å². The van der Waals surface area contributed by atoms with Crippen molar-refractivity contribution in [3.63, 3.8) is 0 Å². The molecule has 1 aliphatic rings. The van der Waals surface area contributed by atoms with Crippen molar-refractivity contribution in [2.24, 2.45) is 0 Å². The van der Waals surface area contributed by atoms with Crippen LogP contribution in [0.2, 0.25) is 0 Å². The maximum absolute atomic E-state index is 12.1. The minimum atomic E-state index is -0.190. The molecule has 0 bridgehead atoms. The Morgan fingerprint density at radius 2 is 2.21 bits per heavy atom. The number of nitrogens with one attached hydrogen (secondary N) is 1. The van der Waals surface area contributed by atoms with Crippen molar-refractivity contribution < 1.29 is 9.53 Å². The second-order valence-corrected chi connectivity index (χ2v) is 5.95. The number of ether oxygens (including phenoxy) is 1. The molecule has 128 valence electrons. The summed E-state index contributed by atoms with van der Waals surface area (Å²) in [6.45, 7) is 4.04. The van der Waals surface area contributed by atoms with Gasteiger partial charge in [0.25, 0.3) is 5.91 Å². The average molecular weight is 329 g/mol. The van der Waals surface area contributed by atoms with Crippen LogP contribution in [0.5, 0.6) is 0 Å². The third-order valence-corrected chi connectivity index (χ3v) is 3.97. The maximum atomic E-state index is 12.1. The van der Waals surface area contributed by atoms with Crippen LogP contribution in [0.15, 0.2) is 24.7 Å². The number of hydrogen-bond acceptors (Lipinski definition) is 5. The van der Waals surface area contributed by atoms with Gasteiger partial charge < -0.3 is 10.1 Å². The molecule has 7 nitrogen and oxygen atoms in total. The molecule has 1 amide bonds. The summed E-state index contributed by atoms with van der Waals surface area (Å²) in [4.78, 5) is 20.9. The molecule has 0 aromatic carbocycles. The molecular formula is C17H23N5O2. The van der Waals surface area contributed by atoms with Crippen molar-refractivity contribution in [3.05, 3.63) is 41.7 Å². The lowest BCUT2D eigenvalue weighted by Gasteiger charge is -2.21. The summed E-state index contributed by atoms with van der Waals surface area (Å²) in [5.74, 6) is 0.535. The van der Waals surface area contributed by atoms with Crippen LogP contribution in [-0.4, -0.2) is 32.3 Å². The number of amides is 1. The van der Waals surface area contributed by atoms with Crippen LogP contribution in [-0.2, 0) is 17.8 Å². The van der Waals surface area contributed by atoms with E-state index in [-0.39, 0.29) is 12.0 Å². The molecular weight excluding hydrogens is 306 g/mol. The molecule has 2 aromatic heterocycles. The van der Waals surface area contributed by atoms with E-state index in [0.29, 0.717) is 12.2 Å². The zero-order valence-electron chi connectivity index (χ0n) is 13.9. The van der Waals surface area contributed by atoms with Crippen molar-refractivity contribution >= 4 is 5.91 Å². The molecule has 7 heteroatoms. The summed E-state index contributed by atoms with van der Waals surface area (Å²) in [6.07, 6.45) is 9.52. The van der Waals surface area contributed by atoms with Gasteiger partial charge >= 0.3 is 0 Å². The molecule has 1 aliphatic heterocycles. The van der Waals surface area contributed by atoms with E-state index in [9.17, 15) is 4.79 Å². The molecule has 3 heterocycles. The smallest absolute Gasteiger partial charge is 0.272 e. The van der Waals surface area contributed by atoms with E-state index < -0.39 is 0 Å². The number of aromatic nitrogens is 4. The van der Waals surface area contributed by atoms with Gasteiger partial charge in [0.05, 0.1) is 0 Å². The first kappa shape index (κ1) is 16.6. The molecule has 2 aromatic rings. The van der Waals surface area contributed by atoms with E-state index in [1.165, 1.54) is 0 Å². The summed E-state index contributed by atoms with van der Waals surface area (Å²) in [5, 5.41) is 7.09. The Morgan fingerprint density at radius 3 is 2.92 bits per heavy atom. The lowest BCUT2D eigenvalue weighted by Crippen LogP contribution is -2.24. The lowest BCUT2D eigenvalue weighted by molar-refractivity contribution is 0.00940. The number of aryl methyl sites for hydroxylation is 1. The molecule has 1 atom stereocenters. The Bertz CT molecular complexity index is 662. The highest BCUT2D eigenvalue weighted by atomic mass is 16.5. The van der Waals surface area contributed by atoms with E-state index in [0.717, 1.165) is 50.2 Å². The zero-order chi connectivity index (χ0) is 16.8. The fourth-order valence-electron chi connectivity index (χ4n) is 2.68. The zero-order valence-corrected chi connectivity index (χ0v) is 13.9. The lowest BCUT2D eigenvalue weighted by atomic mass is 10.1. The molecule has 0 saturated carbocycles. The normalized spacial score (nSPS) is 17.6.